The van der Waals surface area contributed by atoms with Gasteiger partial charge in [-0.1, -0.05) is 0 Å². The Morgan fingerprint density at radius 3 is 2.86 bits per heavy atom. The first-order chi connectivity index (χ1) is 6.81. The van der Waals surface area contributed by atoms with Crippen LogP contribution in [0.1, 0.15) is 11.0 Å². The van der Waals surface area contributed by atoms with Crippen LogP contribution >= 0.6 is 22.7 Å². The predicted molar refractivity (Wildman–Crippen MR) is 61.6 cm³/mol. The van der Waals surface area contributed by atoms with Crippen LogP contribution in [0, 0.1) is 0 Å². The van der Waals surface area contributed by atoms with E-state index in [9.17, 15) is 5.11 Å². The van der Waals surface area contributed by atoms with E-state index in [1.54, 1.807) is 22.7 Å². The molecular weight excluding hydrogens is 214 g/mol. The van der Waals surface area contributed by atoms with Crippen LogP contribution < -0.4 is 5.73 Å². The molecule has 4 heteroatoms. The van der Waals surface area contributed by atoms with Crippen LogP contribution in [0.3, 0.4) is 0 Å². The maximum absolute atomic E-state index is 9.53. The Kier molecular flexibility index (Phi) is 2.98. The average Bonchev–Trinajstić information content (AvgIpc) is 2.86. The summed E-state index contributed by atoms with van der Waals surface area (Å²) >= 11 is 3.28. The molecule has 2 aromatic heterocycles. The molecule has 0 spiro atoms. The number of nitrogens with two attached hydrogens (primary N) is 1. The van der Waals surface area contributed by atoms with Gasteiger partial charge in [0.05, 0.1) is 0 Å². The molecule has 0 aromatic carbocycles. The number of aliphatic hydroxyl groups is 1. The van der Waals surface area contributed by atoms with Crippen molar-refractivity contribution in [1.82, 2.24) is 0 Å². The Balaban J connectivity index is 2.26. The standard InChI is InChI=1S/C10H11NOS2/c11-5-8(12)10-2-1-9(14-10)7-3-4-13-6-7/h1-4,6,8,12H,5,11H2. The molecule has 0 aliphatic rings. The summed E-state index contributed by atoms with van der Waals surface area (Å²) in [6, 6.07) is 6.05. The van der Waals surface area contributed by atoms with Crippen molar-refractivity contribution >= 4 is 22.7 Å². The van der Waals surface area contributed by atoms with Gasteiger partial charge in [-0.15, -0.1) is 11.3 Å². The van der Waals surface area contributed by atoms with Crippen molar-refractivity contribution < 1.29 is 5.11 Å². The molecule has 3 N–H and O–H groups in total. The quantitative estimate of drug-likeness (QED) is 0.843. The third-order valence-electron chi connectivity index (χ3n) is 1.98. The molecule has 0 saturated heterocycles. The topological polar surface area (TPSA) is 46.2 Å². The molecular formula is C10H11NOS2. The minimum absolute atomic E-state index is 0.281. The maximum Gasteiger partial charge on any atom is 0.100 e. The highest BCUT2D eigenvalue weighted by Gasteiger charge is 2.09. The van der Waals surface area contributed by atoms with E-state index in [1.807, 2.05) is 17.5 Å². The highest BCUT2D eigenvalue weighted by molar-refractivity contribution is 7.16. The molecule has 1 atom stereocenters. The zero-order valence-corrected chi connectivity index (χ0v) is 9.15. The molecule has 0 fully saturated rings. The van der Waals surface area contributed by atoms with Crippen molar-refractivity contribution in [2.45, 2.75) is 6.10 Å². The van der Waals surface area contributed by atoms with Gasteiger partial charge in [-0.05, 0) is 29.0 Å². The summed E-state index contributed by atoms with van der Waals surface area (Å²) in [4.78, 5) is 2.13. The third-order valence-corrected chi connectivity index (χ3v) is 3.90. The van der Waals surface area contributed by atoms with E-state index in [-0.39, 0.29) is 6.54 Å². The van der Waals surface area contributed by atoms with Gasteiger partial charge in [-0.25, -0.2) is 0 Å². The van der Waals surface area contributed by atoms with Crippen molar-refractivity contribution in [3.05, 3.63) is 33.8 Å². The van der Waals surface area contributed by atoms with Crippen LogP contribution in [0.15, 0.2) is 29.0 Å². The van der Waals surface area contributed by atoms with E-state index >= 15 is 0 Å². The van der Waals surface area contributed by atoms with Gasteiger partial charge in [0.2, 0.25) is 0 Å². The van der Waals surface area contributed by atoms with Crippen molar-refractivity contribution in [1.29, 1.82) is 0 Å². The zero-order valence-electron chi connectivity index (χ0n) is 7.51. The summed E-state index contributed by atoms with van der Waals surface area (Å²) in [7, 11) is 0. The fraction of sp³-hybridized carbons (Fsp3) is 0.200. The fourth-order valence-corrected chi connectivity index (χ4v) is 2.94. The van der Waals surface area contributed by atoms with Crippen LogP contribution in [0.4, 0.5) is 0 Å². The fourth-order valence-electron chi connectivity index (χ4n) is 1.21. The molecule has 1 unspecified atom stereocenters. The SMILES string of the molecule is NCC(O)c1ccc(-c2ccsc2)s1. The van der Waals surface area contributed by atoms with E-state index < -0.39 is 6.10 Å². The van der Waals surface area contributed by atoms with Crippen LogP contribution in [0.25, 0.3) is 10.4 Å². The molecule has 2 heterocycles. The van der Waals surface area contributed by atoms with Gasteiger partial charge in [0.25, 0.3) is 0 Å². The molecule has 2 nitrogen and oxygen atoms in total. The van der Waals surface area contributed by atoms with Crippen molar-refractivity contribution in [3.63, 3.8) is 0 Å². The van der Waals surface area contributed by atoms with Gasteiger partial charge in [0, 0.05) is 21.9 Å². The second kappa shape index (κ2) is 4.23. The second-order valence-corrected chi connectivity index (χ2v) is 4.86. The van der Waals surface area contributed by atoms with Gasteiger partial charge < -0.3 is 10.8 Å². The number of aliphatic hydroxyl groups excluding tert-OH is 1. The van der Waals surface area contributed by atoms with Crippen molar-refractivity contribution in [2.75, 3.05) is 6.54 Å². The van der Waals surface area contributed by atoms with E-state index in [2.05, 4.69) is 11.4 Å². The first-order valence-corrected chi connectivity index (χ1v) is 6.07. The highest BCUT2D eigenvalue weighted by atomic mass is 32.1. The maximum atomic E-state index is 9.53. The lowest BCUT2D eigenvalue weighted by molar-refractivity contribution is 0.190. The summed E-state index contributed by atoms with van der Waals surface area (Å²) in [6.07, 6.45) is -0.521. The molecule has 0 aliphatic heterocycles. The zero-order chi connectivity index (χ0) is 9.97. The highest BCUT2D eigenvalue weighted by Crippen LogP contribution is 2.32. The number of hydrogen-bond acceptors (Lipinski definition) is 4. The Labute approximate surface area is 90.6 Å². The summed E-state index contributed by atoms with van der Waals surface area (Å²) in [5, 5.41) is 13.7. The first kappa shape index (κ1) is 9.86. The van der Waals surface area contributed by atoms with Gasteiger partial charge in [-0.3, -0.25) is 0 Å². The number of hydrogen-bond donors (Lipinski definition) is 2. The molecule has 0 saturated carbocycles. The van der Waals surface area contributed by atoms with E-state index in [0.29, 0.717) is 0 Å². The minimum Gasteiger partial charge on any atom is -0.386 e. The monoisotopic (exact) mass is 225 g/mol. The van der Waals surface area contributed by atoms with Crippen LogP contribution in [-0.4, -0.2) is 11.7 Å². The lowest BCUT2D eigenvalue weighted by Gasteiger charge is -2.02. The van der Waals surface area contributed by atoms with E-state index in [0.717, 1.165) is 4.88 Å². The summed E-state index contributed by atoms with van der Waals surface area (Å²) in [5.74, 6) is 0. The smallest absolute Gasteiger partial charge is 0.100 e. The van der Waals surface area contributed by atoms with E-state index in [1.165, 1.54) is 10.4 Å². The third kappa shape index (κ3) is 1.88. The average molecular weight is 225 g/mol. The Hall–Kier alpha value is -0.680. The van der Waals surface area contributed by atoms with Crippen LogP contribution in [0.5, 0.6) is 0 Å². The van der Waals surface area contributed by atoms with Gasteiger partial charge in [0.15, 0.2) is 0 Å². The number of rotatable bonds is 3. The van der Waals surface area contributed by atoms with Gasteiger partial charge >= 0.3 is 0 Å². The van der Waals surface area contributed by atoms with Gasteiger partial charge in [0.1, 0.15) is 6.10 Å². The Bertz CT molecular complexity index is 394. The molecule has 14 heavy (non-hydrogen) atoms. The molecule has 2 aromatic rings. The lowest BCUT2D eigenvalue weighted by Crippen LogP contribution is -2.09. The Morgan fingerprint density at radius 2 is 2.21 bits per heavy atom. The normalized spacial score (nSPS) is 13.0. The van der Waals surface area contributed by atoms with E-state index in [4.69, 9.17) is 5.73 Å². The molecule has 0 amide bonds. The van der Waals surface area contributed by atoms with Crippen LogP contribution in [-0.2, 0) is 0 Å². The summed E-state index contributed by atoms with van der Waals surface area (Å²) in [5.41, 5.74) is 6.61. The second-order valence-electron chi connectivity index (χ2n) is 2.97. The summed E-state index contributed by atoms with van der Waals surface area (Å²) in [6.45, 7) is 0.281. The minimum atomic E-state index is -0.521. The lowest BCUT2D eigenvalue weighted by atomic mass is 10.2. The van der Waals surface area contributed by atoms with Crippen molar-refractivity contribution in [2.24, 2.45) is 5.73 Å². The van der Waals surface area contributed by atoms with Gasteiger partial charge in [-0.2, -0.15) is 11.3 Å². The number of thiophene rings is 2. The summed E-state index contributed by atoms with van der Waals surface area (Å²) < 4.78 is 0. The van der Waals surface area contributed by atoms with Crippen molar-refractivity contribution in [3.8, 4) is 10.4 Å². The largest absolute Gasteiger partial charge is 0.386 e. The predicted octanol–water partition coefficient (Wildman–Crippen LogP) is 2.47. The van der Waals surface area contributed by atoms with Crippen LogP contribution in [0.2, 0.25) is 0 Å². The molecule has 0 bridgehead atoms. The molecule has 0 aliphatic carbocycles. The molecule has 2 rings (SSSR count). The first-order valence-electron chi connectivity index (χ1n) is 4.31. The molecule has 74 valence electrons. The Morgan fingerprint density at radius 1 is 1.36 bits per heavy atom. The molecule has 0 radical (unpaired) electrons.